The Bertz CT molecular complexity index is 100.0. The molecule has 0 atom stereocenters. The van der Waals surface area contributed by atoms with E-state index in [1.807, 2.05) is 6.92 Å². The zero-order valence-corrected chi connectivity index (χ0v) is 9.35. The summed E-state index contributed by atoms with van der Waals surface area (Å²) >= 11 is 0. The summed E-state index contributed by atoms with van der Waals surface area (Å²) in [7, 11) is 0. The molecule has 2 N–H and O–H groups in total. The Labute approximate surface area is 91.3 Å². The molecular weight excluding hydrogens is 200 g/mol. The van der Waals surface area contributed by atoms with Crippen LogP contribution in [0.3, 0.4) is 0 Å². The van der Waals surface area contributed by atoms with E-state index in [4.69, 9.17) is 19.7 Å². The Morgan fingerprint density at radius 1 is 1.00 bits per heavy atom. The molecule has 0 heterocycles. The number of ether oxygens (including phenoxy) is 3. The summed E-state index contributed by atoms with van der Waals surface area (Å²) in [6, 6.07) is 0. The Hall–Kier alpha value is -0.620. The molecule has 0 amide bonds. The smallest absolute Gasteiger partial charge is 0.0844 e. The summed E-state index contributed by atoms with van der Waals surface area (Å²) < 4.78 is 14.3. The van der Waals surface area contributed by atoms with Gasteiger partial charge in [-0.2, -0.15) is 0 Å². The first kappa shape index (κ1) is 16.8. The first-order valence-corrected chi connectivity index (χ1v) is 4.93. The summed E-state index contributed by atoms with van der Waals surface area (Å²) in [6.07, 6.45) is 1.43. The summed E-state index contributed by atoms with van der Waals surface area (Å²) in [4.78, 5) is 0. The van der Waals surface area contributed by atoms with Crippen molar-refractivity contribution in [2.24, 2.45) is 0 Å². The van der Waals surface area contributed by atoms with Crippen LogP contribution in [0, 0.1) is 0 Å². The summed E-state index contributed by atoms with van der Waals surface area (Å²) in [5.41, 5.74) is 0. The summed E-state index contributed by atoms with van der Waals surface area (Å²) in [5.74, 6) is 0. The van der Waals surface area contributed by atoms with Crippen LogP contribution >= 0.6 is 0 Å². The third kappa shape index (κ3) is 24.7. The van der Waals surface area contributed by atoms with Gasteiger partial charge in [0.2, 0.25) is 0 Å². The van der Waals surface area contributed by atoms with Crippen LogP contribution in [0.15, 0.2) is 12.8 Å². The molecule has 0 unspecified atom stereocenters. The average Bonchev–Trinajstić information content (AvgIpc) is 2.25. The van der Waals surface area contributed by atoms with Crippen LogP contribution in [-0.4, -0.2) is 56.5 Å². The highest BCUT2D eigenvalue weighted by Crippen LogP contribution is 1.76. The predicted octanol–water partition coefficient (Wildman–Crippen LogP) is 0.171. The second kappa shape index (κ2) is 19.0. The van der Waals surface area contributed by atoms with Gasteiger partial charge in [-0.15, -0.1) is 0 Å². The van der Waals surface area contributed by atoms with Gasteiger partial charge in [-0.25, -0.2) is 0 Å². The lowest BCUT2D eigenvalue weighted by molar-refractivity contribution is 0.0222. The number of hydrogen-bond acceptors (Lipinski definition) is 5. The fourth-order valence-electron chi connectivity index (χ4n) is 0.569. The van der Waals surface area contributed by atoms with E-state index in [9.17, 15) is 0 Å². The number of rotatable bonds is 9. The minimum atomic E-state index is 0.0417. The normalized spacial score (nSPS) is 9.00. The Morgan fingerprint density at radius 3 is 1.67 bits per heavy atom. The Balaban J connectivity index is 0. The van der Waals surface area contributed by atoms with E-state index < -0.39 is 0 Å². The predicted molar refractivity (Wildman–Crippen MR) is 57.6 cm³/mol. The maximum atomic E-state index is 8.26. The molecule has 92 valence electrons. The van der Waals surface area contributed by atoms with Gasteiger partial charge in [0.05, 0.1) is 52.5 Å². The second-order valence-corrected chi connectivity index (χ2v) is 2.29. The largest absolute Gasteiger partial charge is 0.502 e. The van der Waals surface area contributed by atoms with Gasteiger partial charge in [0, 0.05) is 0 Å². The van der Waals surface area contributed by atoms with Crippen molar-refractivity contribution >= 4 is 0 Å². The van der Waals surface area contributed by atoms with Crippen LogP contribution in [0.2, 0.25) is 0 Å². The van der Waals surface area contributed by atoms with Gasteiger partial charge >= 0.3 is 0 Å². The zero-order valence-electron chi connectivity index (χ0n) is 9.35. The number of aliphatic hydroxyl groups excluding tert-OH is 2. The Morgan fingerprint density at radius 2 is 1.47 bits per heavy atom. The molecule has 5 heteroatoms. The zero-order chi connectivity index (χ0) is 11.8. The molecule has 0 spiro atoms. The molecule has 0 aromatic heterocycles. The molecule has 0 aromatic rings. The minimum Gasteiger partial charge on any atom is -0.502 e. The van der Waals surface area contributed by atoms with E-state index in [1.54, 1.807) is 0 Å². The molecule has 0 aliphatic carbocycles. The highest BCUT2D eigenvalue weighted by atomic mass is 16.5. The van der Waals surface area contributed by atoms with E-state index in [0.717, 1.165) is 6.61 Å². The van der Waals surface area contributed by atoms with Crippen LogP contribution in [0.1, 0.15) is 6.92 Å². The van der Waals surface area contributed by atoms with Gasteiger partial charge in [-0.05, 0) is 6.92 Å². The van der Waals surface area contributed by atoms with Crippen molar-refractivity contribution in [3.05, 3.63) is 12.8 Å². The monoisotopic (exact) mass is 222 g/mol. The highest BCUT2D eigenvalue weighted by molar-refractivity contribution is 4.45. The molecule has 0 saturated heterocycles. The van der Waals surface area contributed by atoms with Crippen molar-refractivity contribution < 1.29 is 24.4 Å². The molecule has 0 aliphatic heterocycles. The maximum absolute atomic E-state index is 8.26. The third-order valence-corrected chi connectivity index (χ3v) is 1.13. The van der Waals surface area contributed by atoms with Crippen LogP contribution in [0.4, 0.5) is 0 Å². The van der Waals surface area contributed by atoms with Crippen molar-refractivity contribution in [1.82, 2.24) is 0 Å². The standard InChI is InChI=1S/C6H14O4.C4H8O/c7-1-3-9-5-6-10-4-2-8;1-3-5-4-2/h7-8H,1-6H2;3H,1,4H2,2H3. The first-order chi connectivity index (χ1) is 7.33. The molecule has 15 heavy (non-hydrogen) atoms. The maximum Gasteiger partial charge on any atom is 0.0844 e. The second-order valence-electron chi connectivity index (χ2n) is 2.29. The van der Waals surface area contributed by atoms with E-state index in [-0.39, 0.29) is 13.2 Å². The van der Waals surface area contributed by atoms with Crippen molar-refractivity contribution in [3.8, 4) is 0 Å². The number of aliphatic hydroxyl groups is 2. The van der Waals surface area contributed by atoms with Crippen LogP contribution < -0.4 is 0 Å². The number of hydrogen-bond donors (Lipinski definition) is 2. The molecular formula is C10H22O5. The van der Waals surface area contributed by atoms with Crippen molar-refractivity contribution in [1.29, 1.82) is 0 Å². The first-order valence-electron chi connectivity index (χ1n) is 4.93. The highest BCUT2D eigenvalue weighted by Gasteiger charge is 1.86. The third-order valence-electron chi connectivity index (χ3n) is 1.13. The summed E-state index contributed by atoms with van der Waals surface area (Å²) in [6.45, 7) is 7.70. The van der Waals surface area contributed by atoms with Gasteiger partial charge in [0.1, 0.15) is 0 Å². The van der Waals surface area contributed by atoms with E-state index in [1.165, 1.54) is 6.26 Å². The van der Waals surface area contributed by atoms with Gasteiger partial charge in [0.15, 0.2) is 0 Å². The molecule has 0 saturated carbocycles. The molecule has 0 radical (unpaired) electrons. The van der Waals surface area contributed by atoms with Crippen LogP contribution in [-0.2, 0) is 14.2 Å². The quantitative estimate of drug-likeness (QED) is 0.430. The van der Waals surface area contributed by atoms with Crippen molar-refractivity contribution in [2.75, 3.05) is 46.2 Å². The van der Waals surface area contributed by atoms with Crippen LogP contribution in [0.5, 0.6) is 0 Å². The molecule has 0 aliphatic rings. The van der Waals surface area contributed by atoms with E-state index in [2.05, 4.69) is 11.3 Å². The van der Waals surface area contributed by atoms with Gasteiger partial charge in [0.25, 0.3) is 0 Å². The van der Waals surface area contributed by atoms with E-state index >= 15 is 0 Å². The van der Waals surface area contributed by atoms with E-state index in [0.29, 0.717) is 26.4 Å². The molecule has 0 fully saturated rings. The lowest BCUT2D eigenvalue weighted by Crippen LogP contribution is -2.09. The van der Waals surface area contributed by atoms with Gasteiger partial charge in [-0.1, -0.05) is 6.58 Å². The fraction of sp³-hybridized carbons (Fsp3) is 0.800. The van der Waals surface area contributed by atoms with Gasteiger partial charge < -0.3 is 24.4 Å². The lowest BCUT2D eigenvalue weighted by atomic mass is 10.7. The van der Waals surface area contributed by atoms with Crippen molar-refractivity contribution in [2.45, 2.75) is 6.92 Å². The van der Waals surface area contributed by atoms with Gasteiger partial charge in [-0.3, -0.25) is 0 Å². The fourth-order valence-corrected chi connectivity index (χ4v) is 0.569. The minimum absolute atomic E-state index is 0.0417. The average molecular weight is 222 g/mol. The molecule has 0 aromatic carbocycles. The lowest BCUT2D eigenvalue weighted by Gasteiger charge is -2.01. The molecule has 0 rings (SSSR count). The van der Waals surface area contributed by atoms with Crippen molar-refractivity contribution in [3.63, 3.8) is 0 Å². The molecule has 5 nitrogen and oxygen atoms in total. The van der Waals surface area contributed by atoms with Crippen LogP contribution in [0.25, 0.3) is 0 Å². The topological polar surface area (TPSA) is 68.2 Å². The summed E-state index contributed by atoms with van der Waals surface area (Å²) in [5, 5.41) is 16.5. The SMILES string of the molecule is C=COCC.OCCOCCOCCO. The Kier molecular flexibility index (Phi) is 21.3. The molecule has 0 bridgehead atoms.